The van der Waals surface area contributed by atoms with Gasteiger partial charge in [0.1, 0.15) is 17.7 Å². The number of rotatable bonds is 3. The lowest BCUT2D eigenvalue weighted by atomic mass is 10.1. The molecule has 4 aromatic rings. The third kappa shape index (κ3) is 2.85. The molecule has 0 radical (unpaired) electrons. The van der Waals surface area contributed by atoms with Crippen LogP contribution in [0.4, 0.5) is 10.1 Å². The summed E-state index contributed by atoms with van der Waals surface area (Å²) in [5, 5.41) is 0. The van der Waals surface area contributed by atoms with E-state index in [4.69, 9.17) is 0 Å². The maximum Gasteiger partial charge on any atom is 0.125 e. The van der Waals surface area contributed by atoms with Gasteiger partial charge in [0.05, 0.1) is 23.1 Å². The normalized spacial score (nSPS) is 11.0. The maximum atomic E-state index is 13.6. The lowest BCUT2D eigenvalue weighted by Gasteiger charge is -2.13. The topological polar surface area (TPSA) is 34.0 Å². The fourth-order valence-corrected chi connectivity index (χ4v) is 2.85. The third-order valence-corrected chi connectivity index (χ3v) is 4.18. The smallest absolute Gasteiger partial charge is 0.125 e. The first-order chi connectivity index (χ1) is 12.1. The first kappa shape index (κ1) is 15.3. The van der Waals surface area contributed by atoms with Gasteiger partial charge in [-0.25, -0.2) is 9.37 Å². The number of anilines is 1. The lowest BCUT2D eigenvalue weighted by molar-refractivity contribution is 0.627. The van der Waals surface area contributed by atoms with Crippen LogP contribution in [-0.4, -0.2) is 28.6 Å². The van der Waals surface area contributed by atoms with Gasteiger partial charge in [-0.15, -0.1) is 0 Å². The molecule has 0 aliphatic rings. The molecular formula is C20H17FN4. The maximum absolute atomic E-state index is 13.6. The quantitative estimate of drug-likeness (QED) is 0.561. The summed E-state index contributed by atoms with van der Waals surface area (Å²) in [6, 6.07) is 16.7. The van der Waals surface area contributed by atoms with Crippen LogP contribution in [0.15, 0.2) is 67.1 Å². The average molecular weight is 332 g/mol. The van der Waals surface area contributed by atoms with Gasteiger partial charge in [-0.3, -0.25) is 9.55 Å². The highest BCUT2D eigenvalue weighted by Gasteiger charge is 2.09. The summed E-state index contributed by atoms with van der Waals surface area (Å²) in [5.74, 6) is -0.271. The molecule has 0 spiro atoms. The number of pyridine rings is 1. The highest BCUT2D eigenvalue weighted by molar-refractivity contribution is 5.81. The van der Waals surface area contributed by atoms with E-state index >= 15 is 0 Å². The van der Waals surface area contributed by atoms with E-state index in [0.717, 1.165) is 33.7 Å². The Balaban J connectivity index is 1.85. The molecule has 4 nitrogen and oxygen atoms in total. The highest BCUT2D eigenvalue weighted by atomic mass is 19.1. The average Bonchev–Trinajstić information content (AvgIpc) is 3.05. The Morgan fingerprint density at radius 1 is 0.960 bits per heavy atom. The summed E-state index contributed by atoms with van der Waals surface area (Å²) in [4.78, 5) is 11.0. The molecule has 2 aromatic heterocycles. The van der Waals surface area contributed by atoms with Crippen LogP contribution in [-0.2, 0) is 0 Å². The zero-order valence-corrected chi connectivity index (χ0v) is 14.0. The number of hydrogen-bond donors (Lipinski definition) is 0. The number of nitrogens with zero attached hydrogens (tertiary/aromatic N) is 4. The van der Waals surface area contributed by atoms with Crippen molar-refractivity contribution < 1.29 is 4.39 Å². The molecule has 0 saturated heterocycles. The molecule has 0 aliphatic heterocycles. The number of hydrogen-bond acceptors (Lipinski definition) is 3. The van der Waals surface area contributed by atoms with Crippen LogP contribution in [0.5, 0.6) is 0 Å². The van der Waals surface area contributed by atoms with Crippen LogP contribution < -0.4 is 4.90 Å². The molecule has 0 saturated carbocycles. The van der Waals surface area contributed by atoms with Crippen molar-refractivity contribution in [2.45, 2.75) is 0 Å². The summed E-state index contributed by atoms with van der Waals surface area (Å²) < 4.78 is 15.4. The van der Waals surface area contributed by atoms with Gasteiger partial charge in [-0.1, -0.05) is 18.2 Å². The Bertz CT molecular complexity index is 1050. The van der Waals surface area contributed by atoms with Gasteiger partial charge in [-0.05, 0) is 36.4 Å². The number of fused-ring (bicyclic) bond motifs is 1. The molecule has 5 heteroatoms. The Hall–Kier alpha value is -3.21. The third-order valence-electron chi connectivity index (χ3n) is 4.18. The van der Waals surface area contributed by atoms with Crippen molar-refractivity contribution in [2.75, 3.05) is 19.0 Å². The van der Waals surface area contributed by atoms with Crippen LogP contribution in [0.2, 0.25) is 0 Å². The van der Waals surface area contributed by atoms with Gasteiger partial charge < -0.3 is 4.90 Å². The second-order valence-corrected chi connectivity index (χ2v) is 6.10. The first-order valence-corrected chi connectivity index (χ1v) is 7.98. The summed E-state index contributed by atoms with van der Waals surface area (Å²) in [6.45, 7) is 0. The number of halogens is 1. The minimum Gasteiger partial charge on any atom is -0.378 e. The minimum atomic E-state index is -0.271. The molecule has 0 N–H and O–H groups in total. The molecule has 2 heterocycles. The van der Waals surface area contributed by atoms with E-state index in [1.165, 1.54) is 12.1 Å². The van der Waals surface area contributed by atoms with Crippen molar-refractivity contribution in [1.29, 1.82) is 0 Å². The fourth-order valence-electron chi connectivity index (χ4n) is 2.85. The number of benzene rings is 2. The molecule has 0 atom stereocenters. The van der Waals surface area contributed by atoms with E-state index < -0.39 is 0 Å². The van der Waals surface area contributed by atoms with Crippen molar-refractivity contribution in [3.63, 3.8) is 0 Å². The number of aromatic nitrogens is 3. The predicted molar refractivity (Wildman–Crippen MR) is 98.6 cm³/mol. The summed E-state index contributed by atoms with van der Waals surface area (Å²) in [6.07, 6.45) is 3.45. The van der Waals surface area contributed by atoms with E-state index in [-0.39, 0.29) is 5.82 Å². The van der Waals surface area contributed by atoms with Crippen LogP contribution in [0.1, 0.15) is 0 Å². The summed E-state index contributed by atoms with van der Waals surface area (Å²) >= 11 is 0. The molecular weight excluding hydrogens is 315 g/mol. The van der Waals surface area contributed by atoms with Crippen LogP contribution in [0, 0.1) is 5.82 Å². The first-order valence-electron chi connectivity index (χ1n) is 7.98. The highest BCUT2D eigenvalue weighted by Crippen LogP contribution is 2.26. The second-order valence-electron chi connectivity index (χ2n) is 6.10. The van der Waals surface area contributed by atoms with Crippen molar-refractivity contribution in [3.05, 3.63) is 72.9 Å². The van der Waals surface area contributed by atoms with Crippen molar-refractivity contribution in [2.24, 2.45) is 0 Å². The second kappa shape index (κ2) is 6.02. The van der Waals surface area contributed by atoms with Gasteiger partial charge in [0.2, 0.25) is 0 Å². The fraction of sp³-hybridized carbons (Fsp3) is 0.100. The molecule has 2 aromatic carbocycles. The predicted octanol–water partition coefficient (Wildman–Crippen LogP) is 4.29. The SMILES string of the molecule is CN(C)c1cccc(-c2cc3c(cn2)ncn3-c2cccc(F)c2)c1. The van der Waals surface area contributed by atoms with Gasteiger partial charge in [-0.2, -0.15) is 0 Å². The molecule has 0 unspecified atom stereocenters. The van der Waals surface area contributed by atoms with Gasteiger partial charge in [0, 0.05) is 25.3 Å². The van der Waals surface area contributed by atoms with Crippen molar-refractivity contribution in [3.8, 4) is 16.9 Å². The van der Waals surface area contributed by atoms with Crippen LogP contribution in [0.25, 0.3) is 28.0 Å². The molecule has 0 amide bonds. The Morgan fingerprint density at radius 3 is 2.60 bits per heavy atom. The van der Waals surface area contributed by atoms with E-state index in [0.29, 0.717) is 0 Å². The van der Waals surface area contributed by atoms with Crippen molar-refractivity contribution in [1.82, 2.24) is 14.5 Å². The van der Waals surface area contributed by atoms with Crippen molar-refractivity contribution >= 4 is 16.7 Å². The Morgan fingerprint density at radius 2 is 1.80 bits per heavy atom. The largest absolute Gasteiger partial charge is 0.378 e. The van der Waals surface area contributed by atoms with E-state index in [2.05, 4.69) is 27.0 Å². The zero-order valence-electron chi connectivity index (χ0n) is 14.0. The van der Waals surface area contributed by atoms with Crippen LogP contribution >= 0.6 is 0 Å². The standard InChI is InChI=1S/C20H17FN4/c1-24(2)16-7-3-5-14(9-16)18-11-20-19(12-22-18)23-13-25(20)17-8-4-6-15(21)10-17/h3-13H,1-2H3. The lowest BCUT2D eigenvalue weighted by Crippen LogP contribution is -2.08. The van der Waals surface area contributed by atoms with Gasteiger partial charge >= 0.3 is 0 Å². The molecule has 0 bridgehead atoms. The summed E-state index contributed by atoms with van der Waals surface area (Å²) in [5.41, 5.74) is 5.40. The molecule has 25 heavy (non-hydrogen) atoms. The van der Waals surface area contributed by atoms with E-state index in [1.54, 1.807) is 18.6 Å². The van der Waals surface area contributed by atoms with E-state index in [9.17, 15) is 4.39 Å². The molecule has 124 valence electrons. The van der Waals surface area contributed by atoms with Gasteiger partial charge in [0.25, 0.3) is 0 Å². The Labute approximate surface area is 145 Å². The minimum absolute atomic E-state index is 0.271. The Kier molecular flexibility index (Phi) is 3.69. The zero-order chi connectivity index (χ0) is 17.4. The monoisotopic (exact) mass is 332 g/mol. The molecule has 0 fully saturated rings. The van der Waals surface area contributed by atoms with Gasteiger partial charge in [0.15, 0.2) is 0 Å². The molecule has 4 rings (SSSR count). The number of imidazole rings is 1. The van der Waals surface area contributed by atoms with E-state index in [1.807, 2.05) is 42.9 Å². The summed E-state index contributed by atoms with van der Waals surface area (Å²) in [7, 11) is 4.02. The van der Waals surface area contributed by atoms with Crippen LogP contribution in [0.3, 0.4) is 0 Å². The molecule has 0 aliphatic carbocycles.